The Morgan fingerprint density at radius 1 is 1.08 bits per heavy atom. The number of carboxylic acids is 1. The van der Waals surface area contributed by atoms with Crippen LogP contribution in [0.5, 0.6) is 0 Å². The van der Waals surface area contributed by atoms with Crippen LogP contribution in [-0.4, -0.2) is 24.7 Å². The van der Waals surface area contributed by atoms with Crippen LogP contribution in [0.4, 0.5) is 5.69 Å². The fraction of sp³-hybridized carbons (Fsp3) is 0.316. The normalized spacial score (nSPS) is 23.7. The van der Waals surface area contributed by atoms with Crippen LogP contribution in [0, 0.1) is 0 Å². The van der Waals surface area contributed by atoms with E-state index in [4.69, 9.17) is 0 Å². The third-order valence-electron chi connectivity index (χ3n) is 5.19. The van der Waals surface area contributed by atoms with Crippen molar-refractivity contribution >= 4 is 21.7 Å². The van der Waals surface area contributed by atoms with Crippen molar-refractivity contribution < 1.29 is 18.3 Å². The maximum Gasteiger partial charge on any atom is 0.314 e. The first-order valence-electron chi connectivity index (χ1n) is 8.33. The Morgan fingerprint density at radius 3 is 2.44 bits per heavy atom. The van der Waals surface area contributed by atoms with E-state index in [1.54, 1.807) is 24.3 Å². The zero-order valence-electron chi connectivity index (χ0n) is 13.6. The van der Waals surface area contributed by atoms with Gasteiger partial charge in [0, 0.05) is 11.6 Å². The van der Waals surface area contributed by atoms with E-state index >= 15 is 0 Å². The molecule has 130 valence electrons. The minimum absolute atomic E-state index is 0.0238. The lowest BCUT2D eigenvalue weighted by molar-refractivity contribution is -0.140. The summed E-state index contributed by atoms with van der Waals surface area (Å²) in [6.45, 7) is 0. The van der Waals surface area contributed by atoms with Crippen molar-refractivity contribution in [3.05, 3.63) is 65.7 Å². The molecule has 2 saturated carbocycles. The highest BCUT2D eigenvalue weighted by atomic mass is 32.2. The van der Waals surface area contributed by atoms with E-state index in [2.05, 4.69) is 4.72 Å². The molecule has 2 fully saturated rings. The topological polar surface area (TPSA) is 83.5 Å². The zero-order chi connectivity index (χ0) is 17.7. The standard InChI is InChI=1S/C19H19NO4S/c21-18(22)19(9-10-19)14-7-4-8-15(11-14)20-25(23,24)17-12-16(17)13-5-2-1-3-6-13/h1-8,11,16-17,20H,9-10,12H2,(H,21,22). The summed E-state index contributed by atoms with van der Waals surface area (Å²) in [7, 11) is -3.50. The lowest BCUT2D eigenvalue weighted by Crippen LogP contribution is -2.21. The average Bonchev–Trinajstić information content (AvgIpc) is 3.48. The summed E-state index contributed by atoms with van der Waals surface area (Å²) >= 11 is 0. The van der Waals surface area contributed by atoms with E-state index in [1.165, 1.54) is 0 Å². The van der Waals surface area contributed by atoms with E-state index in [9.17, 15) is 18.3 Å². The molecule has 0 aliphatic heterocycles. The summed E-state index contributed by atoms with van der Waals surface area (Å²) in [5, 5.41) is 8.96. The van der Waals surface area contributed by atoms with Gasteiger partial charge in [-0.05, 0) is 42.5 Å². The second kappa shape index (κ2) is 5.59. The molecular formula is C19H19NO4S. The van der Waals surface area contributed by atoms with Crippen molar-refractivity contribution in [3.63, 3.8) is 0 Å². The van der Waals surface area contributed by atoms with Gasteiger partial charge in [0.2, 0.25) is 10.0 Å². The molecule has 2 unspecified atom stereocenters. The third kappa shape index (κ3) is 2.91. The Balaban J connectivity index is 1.52. The van der Waals surface area contributed by atoms with E-state index in [-0.39, 0.29) is 5.92 Å². The Morgan fingerprint density at radius 2 is 1.80 bits per heavy atom. The smallest absolute Gasteiger partial charge is 0.314 e. The first-order valence-corrected chi connectivity index (χ1v) is 9.87. The molecule has 2 aromatic carbocycles. The number of carboxylic acid groups (broad SMARTS) is 1. The first-order chi connectivity index (χ1) is 11.9. The van der Waals surface area contributed by atoms with Crippen LogP contribution in [0.3, 0.4) is 0 Å². The molecule has 0 spiro atoms. The quantitative estimate of drug-likeness (QED) is 0.832. The second-order valence-electron chi connectivity index (χ2n) is 6.91. The molecule has 6 heteroatoms. The monoisotopic (exact) mass is 357 g/mol. The molecule has 2 aromatic rings. The van der Waals surface area contributed by atoms with Crippen LogP contribution >= 0.6 is 0 Å². The number of benzene rings is 2. The molecule has 0 saturated heterocycles. The first kappa shape index (κ1) is 16.1. The molecular weight excluding hydrogens is 338 g/mol. The van der Waals surface area contributed by atoms with Crippen molar-refractivity contribution in [2.24, 2.45) is 0 Å². The van der Waals surface area contributed by atoms with Gasteiger partial charge in [0.05, 0.1) is 10.7 Å². The molecule has 25 heavy (non-hydrogen) atoms. The highest BCUT2D eigenvalue weighted by molar-refractivity contribution is 7.93. The summed E-state index contributed by atoms with van der Waals surface area (Å²) in [5.74, 6) is -0.825. The minimum atomic E-state index is -3.50. The maximum absolute atomic E-state index is 12.6. The van der Waals surface area contributed by atoms with Gasteiger partial charge in [-0.25, -0.2) is 8.42 Å². The molecule has 4 rings (SSSR count). The highest BCUT2D eigenvalue weighted by Crippen LogP contribution is 2.49. The molecule has 5 nitrogen and oxygen atoms in total. The number of hydrogen-bond acceptors (Lipinski definition) is 3. The number of carbonyl (C=O) groups is 1. The van der Waals surface area contributed by atoms with Crippen LogP contribution in [0.1, 0.15) is 36.3 Å². The molecule has 0 aromatic heterocycles. The van der Waals surface area contributed by atoms with Crippen molar-refractivity contribution in [2.75, 3.05) is 4.72 Å². The van der Waals surface area contributed by atoms with E-state index in [1.807, 2.05) is 30.3 Å². The van der Waals surface area contributed by atoms with Gasteiger partial charge in [0.25, 0.3) is 0 Å². The van der Waals surface area contributed by atoms with Crippen LogP contribution in [-0.2, 0) is 20.2 Å². The summed E-state index contributed by atoms with van der Waals surface area (Å²) in [6, 6.07) is 16.4. The predicted octanol–water partition coefficient (Wildman–Crippen LogP) is 3.10. The minimum Gasteiger partial charge on any atom is -0.481 e. The Labute approximate surface area is 146 Å². The van der Waals surface area contributed by atoms with Gasteiger partial charge in [-0.3, -0.25) is 9.52 Å². The van der Waals surface area contributed by atoms with Crippen LogP contribution in [0.2, 0.25) is 0 Å². The molecule has 2 aliphatic carbocycles. The van der Waals surface area contributed by atoms with E-state index in [0.717, 1.165) is 5.56 Å². The molecule has 0 heterocycles. The van der Waals surface area contributed by atoms with Gasteiger partial charge in [-0.2, -0.15) is 0 Å². The zero-order valence-corrected chi connectivity index (χ0v) is 14.4. The number of anilines is 1. The second-order valence-corrected chi connectivity index (χ2v) is 8.81. The number of rotatable bonds is 6. The molecule has 0 radical (unpaired) electrons. The summed E-state index contributed by atoms with van der Waals surface area (Å²) < 4.78 is 27.9. The largest absolute Gasteiger partial charge is 0.481 e. The molecule has 0 bridgehead atoms. The SMILES string of the molecule is O=C(O)C1(c2cccc(NS(=O)(=O)C3CC3c3ccccc3)c2)CC1. The Bertz CT molecular complexity index is 919. The molecule has 2 atom stereocenters. The van der Waals surface area contributed by atoms with Crippen LogP contribution in [0.25, 0.3) is 0 Å². The number of aliphatic carboxylic acids is 1. The van der Waals surface area contributed by atoms with E-state index in [0.29, 0.717) is 30.5 Å². The summed E-state index contributed by atoms with van der Waals surface area (Å²) in [6.07, 6.45) is 1.80. The average molecular weight is 357 g/mol. The molecule has 2 aliphatic rings. The summed E-state index contributed by atoms with van der Waals surface area (Å²) in [4.78, 5) is 11.5. The molecule has 2 N–H and O–H groups in total. The Hall–Kier alpha value is -2.34. The van der Waals surface area contributed by atoms with Crippen molar-refractivity contribution in [1.82, 2.24) is 0 Å². The van der Waals surface area contributed by atoms with Gasteiger partial charge in [-0.15, -0.1) is 0 Å². The number of nitrogens with one attached hydrogen (secondary N) is 1. The lowest BCUT2D eigenvalue weighted by atomic mass is 9.96. The van der Waals surface area contributed by atoms with Gasteiger partial charge in [0.15, 0.2) is 0 Å². The van der Waals surface area contributed by atoms with Gasteiger partial charge in [0.1, 0.15) is 0 Å². The lowest BCUT2D eigenvalue weighted by Gasteiger charge is -2.13. The van der Waals surface area contributed by atoms with Crippen LogP contribution < -0.4 is 4.72 Å². The summed E-state index contributed by atoms with van der Waals surface area (Å²) in [5.41, 5.74) is 1.29. The third-order valence-corrected chi connectivity index (χ3v) is 7.03. The highest BCUT2D eigenvalue weighted by Gasteiger charge is 2.52. The van der Waals surface area contributed by atoms with Gasteiger partial charge in [-0.1, -0.05) is 42.5 Å². The number of sulfonamides is 1. The predicted molar refractivity (Wildman–Crippen MR) is 95.1 cm³/mol. The maximum atomic E-state index is 12.6. The van der Waals surface area contributed by atoms with Crippen molar-refractivity contribution in [3.8, 4) is 0 Å². The number of hydrogen-bond donors (Lipinski definition) is 2. The van der Waals surface area contributed by atoms with Crippen LogP contribution in [0.15, 0.2) is 54.6 Å². The fourth-order valence-corrected chi connectivity index (χ4v) is 5.09. The van der Waals surface area contributed by atoms with Gasteiger partial charge < -0.3 is 5.11 Å². The van der Waals surface area contributed by atoms with E-state index < -0.39 is 26.7 Å². The van der Waals surface area contributed by atoms with Crippen molar-refractivity contribution in [2.45, 2.75) is 35.8 Å². The Kier molecular flexibility index (Phi) is 3.61. The van der Waals surface area contributed by atoms with Crippen molar-refractivity contribution in [1.29, 1.82) is 0 Å². The fourth-order valence-electron chi connectivity index (χ4n) is 3.44. The molecule has 0 amide bonds. The van der Waals surface area contributed by atoms with Gasteiger partial charge >= 0.3 is 5.97 Å².